The Hall–Kier alpha value is -2.17. The average Bonchev–Trinajstić information content (AvgIpc) is 2.17. The van der Waals surface area contributed by atoms with Crippen molar-refractivity contribution in [2.45, 2.75) is 0 Å². The molecule has 0 fully saturated rings. The monoisotopic (exact) mass is 207 g/mol. The highest BCUT2D eigenvalue weighted by Crippen LogP contribution is 2.11. The van der Waals surface area contributed by atoms with E-state index >= 15 is 0 Å². The molecule has 0 bridgehead atoms. The first-order chi connectivity index (χ1) is 7.11. The number of halogens is 1. The van der Waals surface area contributed by atoms with Crippen LogP contribution in [0.5, 0.6) is 0 Å². The Morgan fingerprint density at radius 3 is 2.80 bits per heavy atom. The zero-order valence-electron chi connectivity index (χ0n) is 7.45. The highest BCUT2D eigenvalue weighted by Gasteiger charge is 2.13. The second kappa shape index (κ2) is 3.20. The number of rotatable bonds is 1. The number of nitrogens with one attached hydrogen (secondary N) is 1. The van der Waals surface area contributed by atoms with Crippen LogP contribution in [0.4, 0.5) is 4.39 Å². The van der Waals surface area contributed by atoms with E-state index in [1.807, 2.05) is 0 Å². The molecule has 4 nitrogen and oxygen atoms in total. The van der Waals surface area contributed by atoms with Crippen LogP contribution in [0, 0.1) is 5.82 Å². The van der Waals surface area contributed by atoms with Crippen molar-refractivity contribution in [2.24, 2.45) is 0 Å². The quantitative estimate of drug-likeness (QED) is 0.741. The molecule has 76 valence electrons. The van der Waals surface area contributed by atoms with Gasteiger partial charge < -0.3 is 10.1 Å². The molecule has 0 radical (unpaired) electrons. The summed E-state index contributed by atoms with van der Waals surface area (Å²) in [6.45, 7) is 0. The molecule has 0 aliphatic rings. The van der Waals surface area contributed by atoms with Crippen LogP contribution >= 0.6 is 0 Å². The summed E-state index contributed by atoms with van der Waals surface area (Å²) in [5, 5.41) is 8.45. The molecule has 15 heavy (non-hydrogen) atoms. The second-order valence-corrected chi connectivity index (χ2v) is 3.00. The number of H-pyrrole nitrogens is 1. The number of carboxylic acids is 1. The maximum atomic E-state index is 13.3. The Morgan fingerprint density at radius 2 is 2.13 bits per heavy atom. The molecule has 0 atom stereocenters. The normalized spacial score (nSPS) is 10.5. The largest absolute Gasteiger partial charge is 0.477 e. The van der Waals surface area contributed by atoms with Crippen molar-refractivity contribution in [3.8, 4) is 0 Å². The summed E-state index contributed by atoms with van der Waals surface area (Å²) in [7, 11) is 0. The SMILES string of the molecule is O=C(O)c1c[nH]c2cccc(F)c2c1=O. The lowest BCUT2D eigenvalue weighted by molar-refractivity contribution is 0.0695. The molecule has 0 spiro atoms. The molecule has 0 unspecified atom stereocenters. The van der Waals surface area contributed by atoms with Crippen LogP contribution in [0.1, 0.15) is 10.4 Å². The van der Waals surface area contributed by atoms with Gasteiger partial charge in [0.05, 0.1) is 10.9 Å². The fraction of sp³-hybridized carbons (Fsp3) is 0. The van der Waals surface area contributed by atoms with E-state index < -0.39 is 22.8 Å². The first kappa shape index (κ1) is 9.39. The highest BCUT2D eigenvalue weighted by atomic mass is 19.1. The minimum atomic E-state index is -1.37. The van der Waals surface area contributed by atoms with Gasteiger partial charge in [-0.2, -0.15) is 0 Å². The summed E-state index contributed by atoms with van der Waals surface area (Å²) in [4.78, 5) is 24.7. The first-order valence-electron chi connectivity index (χ1n) is 4.14. The predicted octanol–water partition coefficient (Wildman–Crippen LogP) is 1.37. The summed E-state index contributed by atoms with van der Waals surface area (Å²) in [6, 6.07) is 4.06. The van der Waals surface area contributed by atoms with E-state index in [9.17, 15) is 14.0 Å². The number of hydrogen-bond donors (Lipinski definition) is 2. The molecule has 0 saturated carbocycles. The van der Waals surface area contributed by atoms with Crippen LogP contribution in [0.2, 0.25) is 0 Å². The number of carbonyl (C=O) groups is 1. The van der Waals surface area contributed by atoms with Gasteiger partial charge in [0.15, 0.2) is 0 Å². The molecule has 0 amide bonds. The molecule has 1 aromatic carbocycles. The van der Waals surface area contributed by atoms with Crippen molar-refractivity contribution in [2.75, 3.05) is 0 Å². The molecule has 2 N–H and O–H groups in total. The minimum absolute atomic E-state index is 0.225. The fourth-order valence-corrected chi connectivity index (χ4v) is 1.38. The first-order valence-corrected chi connectivity index (χ1v) is 4.14. The Kier molecular flexibility index (Phi) is 2.00. The van der Waals surface area contributed by atoms with Crippen LogP contribution in [0.3, 0.4) is 0 Å². The standard InChI is InChI=1S/C10H6FNO3/c11-6-2-1-3-7-8(6)9(13)5(4-12-7)10(14)15/h1-4H,(H,12,13)(H,14,15). The zero-order chi connectivity index (χ0) is 11.0. The smallest absolute Gasteiger partial charge is 0.341 e. The van der Waals surface area contributed by atoms with Gasteiger partial charge in [-0.05, 0) is 12.1 Å². The van der Waals surface area contributed by atoms with Crippen LogP contribution in [0.25, 0.3) is 10.9 Å². The molecule has 0 aliphatic heterocycles. The van der Waals surface area contributed by atoms with E-state index in [1.54, 1.807) is 0 Å². The van der Waals surface area contributed by atoms with Crippen molar-refractivity contribution >= 4 is 16.9 Å². The van der Waals surface area contributed by atoms with E-state index in [0.717, 1.165) is 12.3 Å². The Balaban J connectivity index is 2.96. The molecule has 0 aliphatic carbocycles. The Bertz CT molecular complexity index is 603. The number of carboxylic acid groups (broad SMARTS) is 1. The van der Waals surface area contributed by atoms with Crippen LogP contribution in [0.15, 0.2) is 29.2 Å². The van der Waals surface area contributed by atoms with Gasteiger partial charge in [-0.1, -0.05) is 6.07 Å². The maximum absolute atomic E-state index is 13.3. The van der Waals surface area contributed by atoms with Crippen molar-refractivity contribution in [3.63, 3.8) is 0 Å². The molecular formula is C10H6FNO3. The van der Waals surface area contributed by atoms with Crippen molar-refractivity contribution in [1.82, 2.24) is 4.98 Å². The predicted molar refractivity (Wildman–Crippen MR) is 51.5 cm³/mol. The van der Waals surface area contributed by atoms with Gasteiger partial charge in [0.1, 0.15) is 11.4 Å². The number of aromatic amines is 1. The second-order valence-electron chi connectivity index (χ2n) is 3.00. The van der Waals surface area contributed by atoms with Gasteiger partial charge in [-0.15, -0.1) is 0 Å². The molecule has 1 heterocycles. The lowest BCUT2D eigenvalue weighted by Gasteiger charge is -2.00. The molecular weight excluding hydrogens is 201 g/mol. The third kappa shape index (κ3) is 1.38. The summed E-state index contributed by atoms with van der Waals surface area (Å²) in [5.41, 5.74) is -0.994. The van der Waals surface area contributed by atoms with Gasteiger partial charge in [-0.3, -0.25) is 4.79 Å². The summed E-state index contributed by atoms with van der Waals surface area (Å²) in [6.07, 6.45) is 1.06. The average molecular weight is 207 g/mol. The summed E-state index contributed by atoms with van der Waals surface area (Å²) < 4.78 is 13.3. The van der Waals surface area contributed by atoms with Crippen LogP contribution < -0.4 is 5.43 Å². The summed E-state index contributed by atoms with van der Waals surface area (Å²) >= 11 is 0. The number of pyridine rings is 1. The lowest BCUT2D eigenvalue weighted by atomic mass is 10.1. The van der Waals surface area contributed by atoms with Gasteiger partial charge in [0.25, 0.3) is 0 Å². The maximum Gasteiger partial charge on any atom is 0.341 e. The topological polar surface area (TPSA) is 70.2 Å². The molecule has 0 saturated heterocycles. The number of aromatic carboxylic acids is 1. The zero-order valence-corrected chi connectivity index (χ0v) is 7.45. The van der Waals surface area contributed by atoms with E-state index in [-0.39, 0.29) is 10.9 Å². The van der Waals surface area contributed by atoms with E-state index in [4.69, 9.17) is 5.11 Å². The minimum Gasteiger partial charge on any atom is -0.477 e. The van der Waals surface area contributed by atoms with Gasteiger partial charge in [0.2, 0.25) is 5.43 Å². The van der Waals surface area contributed by atoms with E-state index in [1.165, 1.54) is 12.1 Å². The Labute approximate surface area is 83.0 Å². The van der Waals surface area contributed by atoms with E-state index in [2.05, 4.69) is 4.98 Å². The lowest BCUT2D eigenvalue weighted by Crippen LogP contribution is -2.16. The van der Waals surface area contributed by atoms with Gasteiger partial charge in [0, 0.05) is 6.20 Å². The summed E-state index contributed by atoms with van der Waals surface area (Å²) in [5.74, 6) is -2.10. The van der Waals surface area contributed by atoms with Crippen molar-refractivity contribution in [1.29, 1.82) is 0 Å². The third-order valence-electron chi connectivity index (χ3n) is 2.09. The number of benzene rings is 1. The highest BCUT2D eigenvalue weighted by molar-refractivity contribution is 5.92. The number of hydrogen-bond acceptors (Lipinski definition) is 2. The molecule has 2 rings (SSSR count). The molecule has 1 aromatic heterocycles. The van der Waals surface area contributed by atoms with Gasteiger partial charge in [-0.25, -0.2) is 9.18 Å². The number of aromatic nitrogens is 1. The molecule has 2 aromatic rings. The fourth-order valence-electron chi connectivity index (χ4n) is 1.38. The van der Waals surface area contributed by atoms with Crippen molar-refractivity contribution in [3.05, 3.63) is 46.0 Å². The third-order valence-corrected chi connectivity index (χ3v) is 2.09. The number of fused-ring (bicyclic) bond motifs is 1. The van der Waals surface area contributed by atoms with Crippen molar-refractivity contribution < 1.29 is 14.3 Å². The Morgan fingerprint density at radius 1 is 1.40 bits per heavy atom. The van der Waals surface area contributed by atoms with Crippen LogP contribution in [-0.4, -0.2) is 16.1 Å². The van der Waals surface area contributed by atoms with Crippen LogP contribution in [-0.2, 0) is 0 Å². The van der Waals surface area contributed by atoms with Gasteiger partial charge >= 0.3 is 5.97 Å². The molecule has 5 heteroatoms. The van der Waals surface area contributed by atoms with E-state index in [0.29, 0.717) is 0 Å².